The van der Waals surface area contributed by atoms with Crippen molar-refractivity contribution in [2.24, 2.45) is 5.10 Å². The minimum atomic E-state index is -0.680. The number of nitrogens with one attached hydrogen (secondary N) is 1. The highest BCUT2D eigenvalue weighted by molar-refractivity contribution is 6.02. The number of benzene rings is 2. The monoisotopic (exact) mass is 477 g/mol. The number of aromatic nitrogens is 5. The van der Waals surface area contributed by atoms with Gasteiger partial charge in [0.2, 0.25) is 18.4 Å². The van der Waals surface area contributed by atoms with Crippen LogP contribution < -0.4 is 20.6 Å². The number of carbonyl (C=O) groups excluding carboxylic acids is 1. The number of nitro benzene ring substituents is 1. The predicted octanol–water partition coefficient (Wildman–Crippen LogP) is 1.69. The first-order valence-electron chi connectivity index (χ1n) is 9.96. The molecule has 0 atom stereocenters. The molecule has 15 heteroatoms. The van der Waals surface area contributed by atoms with Gasteiger partial charge in [-0.3, -0.25) is 14.9 Å². The zero-order chi connectivity index (χ0) is 24.5. The number of fused-ring (bicyclic) bond motifs is 1. The standard InChI is InChI=1S/C20H15N9O6/c1-10(11-2-5-13(6-3-11)29(31)32)22-24-20(30)16-17(12-4-7-14-15(8-12)34-9-33-14)28(27-23-16)19-18(21)25-35-26-19/h2-8H,9H2,1H3,(H2,21,25)(H,24,30)/b22-10-. The number of nitro groups is 1. The highest BCUT2D eigenvalue weighted by atomic mass is 16.7. The van der Waals surface area contributed by atoms with Gasteiger partial charge in [-0.15, -0.1) is 5.10 Å². The Morgan fingerprint density at radius 3 is 2.66 bits per heavy atom. The lowest BCUT2D eigenvalue weighted by molar-refractivity contribution is -0.384. The van der Waals surface area contributed by atoms with E-state index >= 15 is 0 Å². The molecule has 176 valence electrons. The van der Waals surface area contributed by atoms with Gasteiger partial charge in [0.05, 0.1) is 10.6 Å². The van der Waals surface area contributed by atoms with E-state index in [4.69, 9.17) is 15.2 Å². The maximum Gasteiger partial charge on any atom is 0.294 e. The molecule has 0 saturated carbocycles. The Bertz CT molecular complexity index is 1470. The maximum absolute atomic E-state index is 13.0. The van der Waals surface area contributed by atoms with E-state index in [9.17, 15) is 14.9 Å². The van der Waals surface area contributed by atoms with E-state index in [1.54, 1.807) is 25.1 Å². The fourth-order valence-corrected chi connectivity index (χ4v) is 3.30. The quantitative estimate of drug-likeness (QED) is 0.233. The fraction of sp³-hybridized carbons (Fsp3) is 0.100. The Morgan fingerprint density at radius 1 is 1.17 bits per heavy atom. The number of amides is 1. The van der Waals surface area contributed by atoms with Crippen LogP contribution in [-0.4, -0.2) is 48.6 Å². The number of non-ortho nitro benzene ring substituents is 1. The largest absolute Gasteiger partial charge is 0.454 e. The average molecular weight is 477 g/mol. The second-order valence-corrected chi connectivity index (χ2v) is 7.18. The van der Waals surface area contributed by atoms with Crippen molar-refractivity contribution in [3.05, 3.63) is 63.8 Å². The van der Waals surface area contributed by atoms with Crippen LogP contribution in [0, 0.1) is 10.1 Å². The molecule has 1 aliphatic rings. The summed E-state index contributed by atoms with van der Waals surface area (Å²) in [5, 5.41) is 30.2. The number of nitrogens with zero attached hydrogens (tertiary/aromatic N) is 7. The Morgan fingerprint density at radius 2 is 1.94 bits per heavy atom. The second-order valence-electron chi connectivity index (χ2n) is 7.18. The van der Waals surface area contributed by atoms with Crippen LogP contribution >= 0.6 is 0 Å². The summed E-state index contributed by atoms with van der Waals surface area (Å²) in [6.07, 6.45) is 0. The van der Waals surface area contributed by atoms with Gasteiger partial charge in [-0.05, 0) is 53.1 Å². The molecular formula is C20H15N9O6. The fourth-order valence-electron chi connectivity index (χ4n) is 3.30. The number of hydrogen-bond donors (Lipinski definition) is 2. The highest BCUT2D eigenvalue weighted by Crippen LogP contribution is 2.37. The van der Waals surface area contributed by atoms with E-state index in [2.05, 4.69) is 35.8 Å². The minimum absolute atomic E-state index is 0.0368. The Kier molecular flexibility index (Phi) is 5.25. The molecule has 3 N–H and O–H groups in total. The summed E-state index contributed by atoms with van der Waals surface area (Å²) in [4.78, 5) is 23.4. The molecule has 2 aromatic carbocycles. The number of carbonyl (C=O) groups is 1. The number of hydrogen-bond acceptors (Lipinski definition) is 12. The normalized spacial score (nSPS) is 12.5. The van der Waals surface area contributed by atoms with Gasteiger partial charge in [-0.2, -0.15) is 9.78 Å². The first-order chi connectivity index (χ1) is 16.9. The molecule has 2 aromatic heterocycles. The van der Waals surface area contributed by atoms with Crippen molar-refractivity contribution in [1.29, 1.82) is 0 Å². The molecule has 1 amide bonds. The van der Waals surface area contributed by atoms with Crippen molar-refractivity contribution >= 4 is 23.1 Å². The molecule has 15 nitrogen and oxygen atoms in total. The van der Waals surface area contributed by atoms with Gasteiger partial charge in [0.1, 0.15) is 5.69 Å². The van der Waals surface area contributed by atoms with Crippen LogP contribution in [-0.2, 0) is 0 Å². The predicted molar refractivity (Wildman–Crippen MR) is 118 cm³/mol. The number of anilines is 1. The molecule has 1 aliphatic heterocycles. The van der Waals surface area contributed by atoms with Crippen molar-refractivity contribution in [2.75, 3.05) is 12.5 Å². The first-order valence-corrected chi connectivity index (χ1v) is 9.96. The molecule has 0 fully saturated rings. The lowest BCUT2D eigenvalue weighted by Crippen LogP contribution is -2.21. The summed E-state index contributed by atoms with van der Waals surface area (Å²) in [5.41, 5.74) is 9.82. The molecule has 5 rings (SSSR count). The van der Waals surface area contributed by atoms with Gasteiger partial charge < -0.3 is 15.2 Å². The van der Waals surface area contributed by atoms with Gasteiger partial charge in [0.25, 0.3) is 11.6 Å². The van der Waals surface area contributed by atoms with Gasteiger partial charge in [-0.1, -0.05) is 5.21 Å². The number of nitrogens with two attached hydrogens (primary N) is 1. The maximum atomic E-state index is 13.0. The molecule has 4 aromatic rings. The Hall–Kier alpha value is -5.34. The van der Waals surface area contributed by atoms with E-state index in [-0.39, 0.29) is 35.5 Å². The SMILES string of the molecule is C/C(=N/NC(=O)c1nnn(-c2nonc2N)c1-c1ccc2c(c1)OCO2)c1ccc([N+](=O)[O-])cc1. The van der Waals surface area contributed by atoms with Crippen molar-refractivity contribution in [1.82, 2.24) is 30.7 Å². The van der Waals surface area contributed by atoms with Gasteiger partial charge in [-0.25, -0.2) is 10.1 Å². The Labute approximate surface area is 195 Å². The third-order valence-electron chi connectivity index (χ3n) is 5.05. The van der Waals surface area contributed by atoms with Crippen molar-refractivity contribution in [2.45, 2.75) is 6.92 Å². The summed E-state index contributed by atoms with van der Waals surface area (Å²) >= 11 is 0. The molecule has 35 heavy (non-hydrogen) atoms. The summed E-state index contributed by atoms with van der Waals surface area (Å²) in [6.45, 7) is 1.71. The number of rotatable bonds is 6. The molecule has 0 bridgehead atoms. The third kappa shape index (κ3) is 3.97. The van der Waals surface area contributed by atoms with E-state index in [1.165, 1.54) is 28.9 Å². The van der Waals surface area contributed by atoms with E-state index < -0.39 is 10.8 Å². The lowest BCUT2D eigenvalue weighted by Gasteiger charge is -2.07. The lowest BCUT2D eigenvalue weighted by atomic mass is 10.1. The van der Waals surface area contributed by atoms with Crippen molar-refractivity contribution < 1.29 is 23.8 Å². The van der Waals surface area contributed by atoms with Crippen LogP contribution in [0.25, 0.3) is 17.1 Å². The zero-order valence-corrected chi connectivity index (χ0v) is 17.9. The molecule has 0 saturated heterocycles. The first kappa shape index (κ1) is 21.5. The number of hydrazone groups is 1. The molecular weight excluding hydrogens is 462 g/mol. The van der Waals surface area contributed by atoms with Gasteiger partial charge in [0.15, 0.2) is 17.2 Å². The Balaban J connectivity index is 1.49. The van der Waals surface area contributed by atoms with Gasteiger partial charge >= 0.3 is 0 Å². The van der Waals surface area contributed by atoms with Crippen LogP contribution in [0.3, 0.4) is 0 Å². The summed E-state index contributed by atoms with van der Waals surface area (Å²) < 4.78 is 16.7. The average Bonchev–Trinajstić information content (AvgIpc) is 3.60. The van der Waals surface area contributed by atoms with E-state index in [0.29, 0.717) is 28.3 Å². The molecule has 3 heterocycles. The van der Waals surface area contributed by atoms with Gasteiger partial charge in [0, 0.05) is 17.7 Å². The van der Waals surface area contributed by atoms with Crippen molar-refractivity contribution in [3.63, 3.8) is 0 Å². The zero-order valence-electron chi connectivity index (χ0n) is 17.9. The molecule has 0 unspecified atom stereocenters. The smallest absolute Gasteiger partial charge is 0.294 e. The van der Waals surface area contributed by atoms with E-state index in [0.717, 1.165) is 0 Å². The van der Waals surface area contributed by atoms with Crippen LogP contribution in [0.5, 0.6) is 11.5 Å². The van der Waals surface area contributed by atoms with E-state index in [1.807, 2.05) is 0 Å². The number of nitrogen functional groups attached to an aromatic ring is 1. The molecule has 0 radical (unpaired) electrons. The highest BCUT2D eigenvalue weighted by Gasteiger charge is 2.27. The van der Waals surface area contributed by atoms with Crippen LogP contribution in [0.2, 0.25) is 0 Å². The van der Waals surface area contributed by atoms with Crippen LogP contribution in [0.15, 0.2) is 52.2 Å². The molecule has 0 aliphatic carbocycles. The van der Waals surface area contributed by atoms with Crippen LogP contribution in [0.1, 0.15) is 23.0 Å². The third-order valence-corrected chi connectivity index (χ3v) is 5.05. The minimum Gasteiger partial charge on any atom is -0.454 e. The molecule has 0 spiro atoms. The summed E-state index contributed by atoms with van der Waals surface area (Å²) in [7, 11) is 0. The second kappa shape index (κ2) is 8.54. The van der Waals surface area contributed by atoms with Crippen molar-refractivity contribution in [3.8, 4) is 28.6 Å². The summed E-state index contributed by atoms with van der Waals surface area (Å²) in [5.74, 6) is 0.315. The topological polar surface area (TPSA) is 199 Å². The number of ether oxygens (including phenoxy) is 2. The van der Waals surface area contributed by atoms with Crippen LogP contribution in [0.4, 0.5) is 11.5 Å². The summed E-state index contributed by atoms with van der Waals surface area (Å²) in [6, 6.07) is 10.8.